The molecule has 10 nitrogen and oxygen atoms in total. The van der Waals surface area contributed by atoms with Crippen LogP contribution in [0.4, 0.5) is 0 Å². The van der Waals surface area contributed by atoms with Crippen LogP contribution in [0.2, 0.25) is 0 Å². The summed E-state index contributed by atoms with van der Waals surface area (Å²) < 4.78 is 33.1. The lowest BCUT2D eigenvalue weighted by molar-refractivity contribution is -0.161. The van der Waals surface area contributed by atoms with Crippen LogP contribution in [0.15, 0.2) is 0 Å². The van der Waals surface area contributed by atoms with Gasteiger partial charge in [0.15, 0.2) is 6.10 Å². The predicted molar refractivity (Wildman–Crippen MR) is 307 cm³/mol. The lowest BCUT2D eigenvalue weighted by Gasteiger charge is -2.20. The molecule has 0 aliphatic heterocycles. The number of esters is 2. The molecule has 3 atom stereocenters. The molecule has 436 valence electrons. The molecule has 0 rings (SSSR count). The van der Waals surface area contributed by atoms with Gasteiger partial charge in [0.05, 0.1) is 19.8 Å². The van der Waals surface area contributed by atoms with Crippen molar-refractivity contribution < 1.29 is 47.8 Å². The fourth-order valence-corrected chi connectivity index (χ4v) is 10.7. The number of hydrogen-bond donors (Lipinski definition) is 3. The van der Waals surface area contributed by atoms with Gasteiger partial charge in [-0.3, -0.25) is 18.6 Å². The van der Waals surface area contributed by atoms with E-state index in [1.807, 2.05) is 0 Å². The molecule has 1 unspecified atom stereocenters. The van der Waals surface area contributed by atoms with Crippen LogP contribution in [0.5, 0.6) is 0 Å². The van der Waals surface area contributed by atoms with E-state index in [1.54, 1.807) is 0 Å². The van der Waals surface area contributed by atoms with Gasteiger partial charge in [0.1, 0.15) is 12.7 Å². The molecule has 0 aliphatic carbocycles. The van der Waals surface area contributed by atoms with Crippen molar-refractivity contribution >= 4 is 19.8 Å². The Bertz CT molecular complexity index is 1170. The number of unbranched alkanes of at least 4 members (excludes halogenated alkanes) is 48. The molecule has 0 aromatic rings. The molecule has 73 heavy (non-hydrogen) atoms. The first kappa shape index (κ1) is 72.0. The quantitative estimate of drug-likeness (QED) is 0.0305. The van der Waals surface area contributed by atoms with Gasteiger partial charge in [-0.1, -0.05) is 322 Å². The van der Waals surface area contributed by atoms with E-state index < -0.39 is 51.8 Å². The molecule has 0 spiro atoms. The van der Waals surface area contributed by atoms with Crippen molar-refractivity contribution in [3.63, 3.8) is 0 Å². The Kier molecular flexibility index (Phi) is 57.8. The van der Waals surface area contributed by atoms with Crippen LogP contribution in [0.1, 0.15) is 348 Å². The zero-order valence-electron chi connectivity index (χ0n) is 48.4. The van der Waals surface area contributed by atoms with E-state index in [9.17, 15) is 24.2 Å². The minimum atomic E-state index is -4.62. The molecule has 0 aromatic heterocycles. The summed E-state index contributed by atoms with van der Waals surface area (Å²) in [4.78, 5) is 35.4. The molecule has 3 N–H and O–H groups in total. The highest BCUT2D eigenvalue weighted by Gasteiger charge is 2.27. The molecule has 0 aliphatic rings. The Hall–Kier alpha value is -1.03. The molecular formula is C62H123O10P. The normalized spacial score (nSPS) is 13.3. The number of phosphoric acid groups is 1. The summed E-state index contributed by atoms with van der Waals surface area (Å²) in [6.07, 6.45) is 63.9. The minimum absolute atomic E-state index is 0.194. The van der Waals surface area contributed by atoms with Crippen molar-refractivity contribution in [1.29, 1.82) is 0 Å². The smallest absolute Gasteiger partial charge is 0.462 e. The molecule has 0 radical (unpaired) electrons. The third kappa shape index (κ3) is 58.5. The maximum absolute atomic E-state index is 12.8. The van der Waals surface area contributed by atoms with Gasteiger partial charge in [0.2, 0.25) is 0 Å². The monoisotopic (exact) mass is 1060 g/mol. The summed E-state index contributed by atoms with van der Waals surface area (Å²) in [5, 5.41) is 18.5. The Morgan fingerprint density at radius 1 is 0.356 bits per heavy atom. The molecule has 11 heteroatoms. The Morgan fingerprint density at radius 2 is 0.589 bits per heavy atom. The number of carbonyl (C=O) groups excluding carboxylic acids is 2. The first-order valence-corrected chi connectivity index (χ1v) is 33.5. The first-order valence-electron chi connectivity index (χ1n) is 32.0. The van der Waals surface area contributed by atoms with E-state index in [1.165, 1.54) is 276 Å². The summed E-state index contributed by atoms with van der Waals surface area (Å²) in [5.41, 5.74) is 0. The van der Waals surface area contributed by atoms with Crippen molar-refractivity contribution in [1.82, 2.24) is 0 Å². The number of rotatable bonds is 62. The molecule has 0 bridgehead atoms. The van der Waals surface area contributed by atoms with Gasteiger partial charge in [-0.25, -0.2) is 4.57 Å². The van der Waals surface area contributed by atoms with Gasteiger partial charge in [0.25, 0.3) is 0 Å². The van der Waals surface area contributed by atoms with Crippen molar-refractivity contribution in [2.24, 2.45) is 0 Å². The highest BCUT2D eigenvalue weighted by atomic mass is 31.2. The average Bonchev–Trinajstić information content (AvgIpc) is 3.38. The lowest BCUT2D eigenvalue weighted by Crippen LogP contribution is -2.29. The van der Waals surface area contributed by atoms with Crippen LogP contribution in [-0.4, -0.2) is 65.7 Å². The molecule has 0 saturated carbocycles. The van der Waals surface area contributed by atoms with Crippen molar-refractivity contribution in [3.05, 3.63) is 0 Å². The second kappa shape index (κ2) is 58.6. The van der Waals surface area contributed by atoms with E-state index in [-0.39, 0.29) is 19.4 Å². The Morgan fingerprint density at radius 3 is 0.849 bits per heavy atom. The summed E-state index contributed by atoms with van der Waals surface area (Å²) in [7, 11) is -4.62. The SMILES string of the molecule is CCCCCCCCCCCCCCCCCCCCCCCCCCCC(=O)OC[C@H](COP(=O)(O)OC[C@@H](O)CO)OC(=O)CCCCCCCCCCCCCCCCCCCCCCCCCCC. The molecule has 0 fully saturated rings. The van der Waals surface area contributed by atoms with E-state index in [4.69, 9.17) is 23.6 Å². The number of phosphoric ester groups is 1. The largest absolute Gasteiger partial charge is 0.472 e. The zero-order valence-corrected chi connectivity index (χ0v) is 49.3. The van der Waals surface area contributed by atoms with Gasteiger partial charge >= 0.3 is 19.8 Å². The highest BCUT2D eigenvalue weighted by Crippen LogP contribution is 2.43. The third-order valence-corrected chi connectivity index (χ3v) is 15.7. The predicted octanol–water partition coefficient (Wildman–Crippen LogP) is 19.3. The number of aliphatic hydroxyl groups excluding tert-OH is 2. The highest BCUT2D eigenvalue weighted by molar-refractivity contribution is 7.47. The summed E-state index contributed by atoms with van der Waals surface area (Å²) in [6, 6.07) is 0. The molecule has 0 amide bonds. The van der Waals surface area contributed by atoms with Crippen LogP contribution in [-0.2, 0) is 32.7 Å². The van der Waals surface area contributed by atoms with Crippen LogP contribution < -0.4 is 0 Å². The second-order valence-corrected chi connectivity index (χ2v) is 23.6. The first-order chi connectivity index (χ1) is 35.7. The fourth-order valence-electron chi connectivity index (χ4n) is 9.88. The van der Waals surface area contributed by atoms with Gasteiger partial charge in [0, 0.05) is 12.8 Å². The Balaban J connectivity index is 3.97. The molecule has 0 aromatic carbocycles. The topological polar surface area (TPSA) is 149 Å². The summed E-state index contributed by atoms with van der Waals surface area (Å²) >= 11 is 0. The average molecular weight is 1060 g/mol. The number of hydrogen-bond acceptors (Lipinski definition) is 9. The second-order valence-electron chi connectivity index (χ2n) is 22.2. The molecule has 0 saturated heterocycles. The summed E-state index contributed by atoms with van der Waals surface area (Å²) in [6.45, 7) is 2.49. The van der Waals surface area contributed by atoms with E-state index >= 15 is 0 Å². The third-order valence-electron chi connectivity index (χ3n) is 14.8. The van der Waals surface area contributed by atoms with Crippen molar-refractivity contribution in [3.8, 4) is 0 Å². The Labute approximate surface area is 452 Å². The van der Waals surface area contributed by atoms with Gasteiger partial charge < -0.3 is 24.6 Å². The lowest BCUT2D eigenvalue weighted by atomic mass is 10.0. The maximum atomic E-state index is 12.8. The van der Waals surface area contributed by atoms with Crippen LogP contribution in [0.25, 0.3) is 0 Å². The van der Waals surface area contributed by atoms with Crippen LogP contribution in [0, 0.1) is 0 Å². The standard InChI is InChI=1S/C62H123O10P/c1-3-5-7-9-11-13-15-17-19-21-23-25-27-29-31-33-35-37-39-41-43-45-47-49-51-53-61(65)69-57-60(58-71-73(67,68)70-56-59(64)55-63)72-62(66)54-52-50-48-46-44-42-40-38-36-34-32-30-28-26-24-22-20-18-16-14-12-10-8-6-4-2/h59-60,63-64H,3-58H2,1-2H3,(H,67,68)/t59-,60+/m0/s1. The van der Waals surface area contributed by atoms with Gasteiger partial charge in [-0.05, 0) is 12.8 Å². The molecule has 0 heterocycles. The summed E-state index contributed by atoms with van der Waals surface area (Å²) in [5.74, 6) is -0.895. The van der Waals surface area contributed by atoms with Gasteiger partial charge in [-0.2, -0.15) is 0 Å². The number of ether oxygens (including phenoxy) is 2. The van der Waals surface area contributed by atoms with E-state index in [2.05, 4.69) is 13.8 Å². The van der Waals surface area contributed by atoms with Crippen LogP contribution >= 0.6 is 7.82 Å². The minimum Gasteiger partial charge on any atom is -0.462 e. The van der Waals surface area contributed by atoms with Crippen molar-refractivity contribution in [2.45, 2.75) is 360 Å². The molecular weight excluding hydrogens is 936 g/mol. The van der Waals surface area contributed by atoms with E-state index in [0.29, 0.717) is 12.8 Å². The fraction of sp³-hybridized carbons (Fsp3) is 0.968. The van der Waals surface area contributed by atoms with Crippen LogP contribution in [0.3, 0.4) is 0 Å². The number of aliphatic hydroxyl groups is 2. The van der Waals surface area contributed by atoms with Gasteiger partial charge in [-0.15, -0.1) is 0 Å². The number of carbonyl (C=O) groups is 2. The van der Waals surface area contributed by atoms with Crippen molar-refractivity contribution in [2.75, 3.05) is 26.4 Å². The van der Waals surface area contributed by atoms with E-state index in [0.717, 1.165) is 32.1 Å². The maximum Gasteiger partial charge on any atom is 0.472 e. The zero-order chi connectivity index (χ0) is 53.2.